The van der Waals surface area contributed by atoms with Crippen molar-refractivity contribution in [3.63, 3.8) is 0 Å². The number of carbonyl (C=O) groups is 1. The highest BCUT2D eigenvalue weighted by Gasteiger charge is 2.66. The molecule has 4 saturated carbocycles. The lowest BCUT2D eigenvalue weighted by molar-refractivity contribution is -0.309. The molecule has 0 heterocycles. The molecule has 4 rings (SSSR count). The van der Waals surface area contributed by atoms with Gasteiger partial charge in [0.25, 0.3) is 0 Å². The van der Waals surface area contributed by atoms with Crippen LogP contribution in [0.4, 0.5) is 0 Å². The highest BCUT2D eigenvalue weighted by atomic mass is 16.7. The van der Waals surface area contributed by atoms with Gasteiger partial charge in [-0.1, -0.05) is 6.92 Å². The van der Waals surface area contributed by atoms with Gasteiger partial charge in [0.05, 0.1) is 16.6 Å². The molecular weight excluding hydrogens is 360 g/mol. The summed E-state index contributed by atoms with van der Waals surface area (Å²) in [6.07, 6.45) is 5.89. The van der Waals surface area contributed by atoms with E-state index in [0.717, 1.165) is 44.9 Å². The molecule has 0 aromatic rings. The highest BCUT2D eigenvalue weighted by molar-refractivity contribution is 5.76. The monoisotopic (exact) mass is 398 g/mol. The second kappa shape index (κ2) is 8.21. The predicted octanol–water partition coefficient (Wildman–Crippen LogP) is 4.20. The maximum atomic E-state index is 13.0. The molecule has 4 fully saturated rings. The second-order valence-corrected chi connectivity index (χ2v) is 9.69. The van der Waals surface area contributed by atoms with Crippen LogP contribution in [0.2, 0.25) is 0 Å². The average molecular weight is 399 g/mol. The van der Waals surface area contributed by atoms with E-state index in [4.69, 9.17) is 23.7 Å². The summed E-state index contributed by atoms with van der Waals surface area (Å²) in [5.74, 6) is 0.314. The van der Waals surface area contributed by atoms with Crippen LogP contribution in [0.25, 0.3) is 0 Å². The van der Waals surface area contributed by atoms with Crippen LogP contribution in [0, 0.1) is 11.3 Å². The average Bonchev–Trinajstić information content (AvgIpc) is 2.60. The van der Waals surface area contributed by atoms with E-state index in [-0.39, 0.29) is 30.8 Å². The molecule has 4 bridgehead atoms. The van der Waals surface area contributed by atoms with Gasteiger partial charge < -0.3 is 23.7 Å². The zero-order chi connectivity index (χ0) is 20.5. The SMILES string of the molecule is CCOCOC12CC3CC(OCOCC)(C1)CC(OC(=O)C(C)(C)CC)(C3)C2. The Morgan fingerprint density at radius 2 is 1.32 bits per heavy atom. The highest BCUT2D eigenvalue weighted by Crippen LogP contribution is 2.63. The van der Waals surface area contributed by atoms with Crippen molar-refractivity contribution < 1.29 is 28.5 Å². The largest absolute Gasteiger partial charge is 0.458 e. The molecule has 0 aromatic carbocycles. The minimum atomic E-state index is -0.513. The summed E-state index contributed by atoms with van der Waals surface area (Å²) in [6, 6.07) is 0. The van der Waals surface area contributed by atoms with Crippen LogP contribution in [0.15, 0.2) is 0 Å². The number of rotatable bonds is 11. The van der Waals surface area contributed by atoms with Gasteiger partial charge in [-0.3, -0.25) is 4.79 Å². The predicted molar refractivity (Wildman–Crippen MR) is 105 cm³/mol. The quantitative estimate of drug-likeness (QED) is 0.295. The Bertz CT molecular complexity index is 533. The Morgan fingerprint density at radius 3 is 1.79 bits per heavy atom. The Kier molecular flexibility index (Phi) is 6.45. The fourth-order valence-corrected chi connectivity index (χ4v) is 5.59. The van der Waals surface area contributed by atoms with Crippen molar-refractivity contribution in [3.05, 3.63) is 0 Å². The third-order valence-electron chi connectivity index (χ3n) is 6.97. The van der Waals surface area contributed by atoms with E-state index in [1.54, 1.807) is 0 Å². The Labute approximate surface area is 169 Å². The van der Waals surface area contributed by atoms with Gasteiger partial charge in [0, 0.05) is 32.5 Å². The van der Waals surface area contributed by atoms with Gasteiger partial charge in [-0.25, -0.2) is 0 Å². The molecule has 0 aromatic heterocycles. The number of esters is 1. The molecule has 4 aliphatic carbocycles. The molecule has 4 aliphatic rings. The Balaban J connectivity index is 1.83. The summed E-state index contributed by atoms with van der Waals surface area (Å²) < 4.78 is 29.9. The van der Waals surface area contributed by atoms with Crippen LogP contribution < -0.4 is 0 Å². The zero-order valence-electron chi connectivity index (χ0n) is 18.3. The molecular formula is C22H38O6. The third kappa shape index (κ3) is 4.40. The minimum absolute atomic E-state index is 0.114. The van der Waals surface area contributed by atoms with Gasteiger partial charge in [0.15, 0.2) is 0 Å². The van der Waals surface area contributed by atoms with Gasteiger partial charge in [-0.15, -0.1) is 0 Å². The molecule has 0 saturated heterocycles. The lowest BCUT2D eigenvalue weighted by Gasteiger charge is -2.64. The van der Waals surface area contributed by atoms with E-state index < -0.39 is 11.0 Å². The molecule has 6 heteroatoms. The standard InChI is InChI=1S/C22H38O6/c1-6-19(4,5)18(23)28-22-11-17-9-20(13-22,26-15-24-7-2)12-21(10-17,14-22)27-16-25-8-3/h17H,6-16H2,1-5H3. The first kappa shape index (κ1) is 22.0. The van der Waals surface area contributed by atoms with Crippen LogP contribution in [0.1, 0.15) is 79.6 Å². The summed E-state index contributed by atoms with van der Waals surface area (Å²) in [5.41, 5.74) is -1.70. The molecule has 28 heavy (non-hydrogen) atoms. The fraction of sp³-hybridized carbons (Fsp3) is 0.955. The second-order valence-electron chi connectivity index (χ2n) is 9.69. The van der Waals surface area contributed by atoms with E-state index in [2.05, 4.69) is 0 Å². The summed E-state index contributed by atoms with van der Waals surface area (Å²) in [6.45, 7) is 11.7. The van der Waals surface area contributed by atoms with E-state index in [9.17, 15) is 4.79 Å². The van der Waals surface area contributed by atoms with Gasteiger partial charge in [-0.2, -0.15) is 0 Å². The normalized spacial score (nSPS) is 36.7. The van der Waals surface area contributed by atoms with Crippen molar-refractivity contribution >= 4 is 5.97 Å². The van der Waals surface area contributed by atoms with Crippen LogP contribution in [0.3, 0.4) is 0 Å². The number of hydrogen-bond donors (Lipinski definition) is 0. The van der Waals surface area contributed by atoms with Gasteiger partial charge >= 0.3 is 5.97 Å². The first-order chi connectivity index (χ1) is 13.2. The third-order valence-corrected chi connectivity index (χ3v) is 6.97. The molecule has 2 atom stereocenters. The molecule has 0 aliphatic heterocycles. The van der Waals surface area contributed by atoms with Gasteiger partial charge in [-0.05, 0) is 59.3 Å². The fourth-order valence-electron chi connectivity index (χ4n) is 5.59. The van der Waals surface area contributed by atoms with Crippen molar-refractivity contribution in [3.8, 4) is 0 Å². The lowest BCUT2D eigenvalue weighted by atomic mass is 9.50. The smallest absolute Gasteiger partial charge is 0.312 e. The lowest BCUT2D eigenvalue weighted by Crippen LogP contribution is -2.68. The van der Waals surface area contributed by atoms with E-state index in [1.807, 2.05) is 34.6 Å². The van der Waals surface area contributed by atoms with Crippen molar-refractivity contribution in [2.45, 2.75) is 96.4 Å². The molecule has 0 N–H and O–H groups in total. The van der Waals surface area contributed by atoms with Crippen LogP contribution in [-0.4, -0.2) is 49.6 Å². The first-order valence-electron chi connectivity index (χ1n) is 10.9. The summed E-state index contributed by atoms with van der Waals surface area (Å²) in [5, 5.41) is 0. The summed E-state index contributed by atoms with van der Waals surface area (Å²) in [7, 11) is 0. The van der Waals surface area contributed by atoms with Crippen molar-refractivity contribution in [2.24, 2.45) is 11.3 Å². The summed E-state index contributed by atoms with van der Waals surface area (Å²) >= 11 is 0. The van der Waals surface area contributed by atoms with Gasteiger partial charge in [0.2, 0.25) is 0 Å². The minimum Gasteiger partial charge on any atom is -0.458 e. The van der Waals surface area contributed by atoms with Gasteiger partial charge in [0.1, 0.15) is 19.2 Å². The number of ether oxygens (including phenoxy) is 5. The number of hydrogen-bond acceptors (Lipinski definition) is 6. The van der Waals surface area contributed by atoms with Crippen molar-refractivity contribution in [2.75, 3.05) is 26.8 Å². The molecule has 0 spiro atoms. The molecule has 6 nitrogen and oxygen atoms in total. The van der Waals surface area contributed by atoms with E-state index in [1.165, 1.54) is 0 Å². The number of carbonyl (C=O) groups excluding carboxylic acids is 1. The molecule has 0 radical (unpaired) electrons. The molecule has 0 amide bonds. The van der Waals surface area contributed by atoms with Crippen molar-refractivity contribution in [1.82, 2.24) is 0 Å². The topological polar surface area (TPSA) is 63.2 Å². The first-order valence-corrected chi connectivity index (χ1v) is 10.9. The van der Waals surface area contributed by atoms with E-state index in [0.29, 0.717) is 19.1 Å². The van der Waals surface area contributed by atoms with E-state index >= 15 is 0 Å². The molecule has 2 unspecified atom stereocenters. The maximum Gasteiger partial charge on any atom is 0.312 e. The van der Waals surface area contributed by atoms with Crippen LogP contribution in [-0.2, 0) is 28.5 Å². The zero-order valence-corrected chi connectivity index (χ0v) is 18.3. The van der Waals surface area contributed by atoms with Crippen LogP contribution in [0.5, 0.6) is 0 Å². The summed E-state index contributed by atoms with van der Waals surface area (Å²) in [4.78, 5) is 13.0. The van der Waals surface area contributed by atoms with Crippen molar-refractivity contribution in [1.29, 1.82) is 0 Å². The maximum absolute atomic E-state index is 13.0. The Morgan fingerprint density at radius 1 is 0.857 bits per heavy atom. The van der Waals surface area contributed by atoms with Crippen LogP contribution >= 0.6 is 0 Å². The Hall–Kier alpha value is -0.690. The molecule has 162 valence electrons.